The van der Waals surface area contributed by atoms with Gasteiger partial charge in [-0.2, -0.15) is 0 Å². The number of aromatic amines is 1. The highest BCUT2D eigenvalue weighted by molar-refractivity contribution is 5.30. The van der Waals surface area contributed by atoms with Gasteiger partial charge < -0.3 is 4.98 Å². The van der Waals surface area contributed by atoms with E-state index in [1.54, 1.807) is 6.92 Å². The lowest BCUT2D eigenvalue weighted by Crippen LogP contribution is -2.37. The van der Waals surface area contributed by atoms with Crippen molar-refractivity contribution in [1.29, 1.82) is 0 Å². The molecule has 7 nitrogen and oxygen atoms in total. The summed E-state index contributed by atoms with van der Waals surface area (Å²) < 4.78 is 0.838. The van der Waals surface area contributed by atoms with E-state index in [4.69, 9.17) is 0 Å². The lowest BCUT2D eigenvalue weighted by molar-refractivity contribution is -0.387. The van der Waals surface area contributed by atoms with Gasteiger partial charge in [-0.15, -0.1) is 0 Å². The van der Waals surface area contributed by atoms with E-state index in [0.717, 1.165) is 4.57 Å². The van der Waals surface area contributed by atoms with Crippen LogP contribution in [0.5, 0.6) is 0 Å². The molecule has 0 amide bonds. The van der Waals surface area contributed by atoms with E-state index in [-0.39, 0.29) is 12.2 Å². The summed E-state index contributed by atoms with van der Waals surface area (Å²) in [5.41, 5.74) is -2.03. The fraction of sp³-hybridized carbons (Fsp3) is 0.500. The molecule has 0 atom stereocenters. The van der Waals surface area contributed by atoms with Gasteiger partial charge in [0.25, 0.3) is 0 Å². The molecule has 0 aromatic carbocycles. The standard InChI is InChI=1S/C8H11N3O4/c1-3-4-10-7(12)6(11(14)15)5(2)9-8(10)13/h3-4H2,1-2H3,(H,9,13). The molecule has 1 heterocycles. The van der Waals surface area contributed by atoms with Gasteiger partial charge in [0.05, 0.1) is 4.92 Å². The molecule has 1 aromatic heterocycles. The third-order valence-corrected chi connectivity index (χ3v) is 1.97. The smallest absolute Gasteiger partial charge is 0.305 e. The van der Waals surface area contributed by atoms with Crippen LogP contribution in [0.2, 0.25) is 0 Å². The normalized spacial score (nSPS) is 10.3. The molecule has 1 N–H and O–H groups in total. The Balaban J connectivity index is 3.57. The minimum atomic E-state index is -0.844. The molecule has 7 heteroatoms. The minimum Gasteiger partial charge on any atom is -0.305 e. The number of hydrogen-bond donors (Lipinski definition) is 1. The summed E-state index contributed by atoms with van der Waals surface area (Å²) in [5.74, 6) is 0. The van der Waals surface area contributed by atoms with Crippen LogP contribution in [-0.2, 0) is 6.54 Å². The average molecular weight is 213 g/mol. The summed E-state index contributed by atoms with van der Waals surface area (Å²) in [6.07, 6.45) is 0.559. The summed E-state index contributed by atoms with van der Waals surface area (Å²) >= 11 is 0. The molecule has 0 unspecified atom stereocenters. The van der Waals surface area contributed by atoms with Crippen molar-refractivity contribution in [3.05, 3.63) is 36.6 Å². The summed E-state index contributed by atoms with van der Waals surface area (Å²) in [7, 11) is 0. The first-order chi connectivity index (χ1) is 6.99. The Labute approximate surface area is 84.5 Å². The molecule has 0 bridgehead atoms. The number of H-pyrrole nitrogens is 1. The maximum atomic E-state index is 11.5. The second-order valence-electron chi connectivity index (χ2n) is 3.12. The van der Waals surface area contributed by atoms with Gasteiger partial charge in [-0.3, -0.25) is 19.5 Å². The first kappa shape index (κ1) is 11.2. The summed E-state index contributed by atoms with van der Waals surface area (Å²) in [6.45, 7) is 3.28. The van der Waals surface area contributed by atoms with Crippen molar-refractivity contribution >= 4 is 5.69 Å². The van der Waals surface area contributed by atoms with Gasteiger partial charge in [-0.05, 0) is 13.3 Å². The molecule has 0 saturated carbocycles. The van der Waals surface area contributed by atoms with Crippen LogP contribution in [0.4, 0.5) is 5.69 Å². The number of aryl methyl sites for hydroxylation is 1. The maximum Gasteiger partial charge on any atom is 0.353 e. The number of rotatable bonds is 3. The SMILES string of the molecule is CCCn1c(=O)[nH]c(C)c([N+](=O)[O-])c1=O. The summed E-state index contributed by atoms with van der Waals surface area (Å²) in [6, 6.07) is 0. The Morgan fingerprint density at radius 2 is 2.07 bits per heavy atom. The Morgan fingerprint density at radius 3 is 2.53 bits per heavy atom. The Morgan fingerprint density at radius 1 is 1.47 bits per heavy atom. The van der Waals surface area contributed by atoms with Gasteiger partial charge in [0.2, 0.25) is 0 Å². The van der Waals surface area contributed by atoms with Crippen LogP contribution in [0.15, 0.2) is 9.59 Å². The average Bonchev–Trinajstić information content (AvgIpc) is 2.11. The largest absolute Gasteiger partial charge is 0.353 e. The first-order valence-corrected chi connectivity index (χ1v) is 4.47. The second-order valence-corrected chi connectivity index (χ2v) is 3.12. The molecule has 0 aliphatic carbocycles. The lowest BCUT2D eigenvalue weighted by atomic mass is 10.3. The van der Waals surface area contributed by atoms with Crippen LogP contribution in [0.1, 0.15) is 19.0 Å². The molecule has 1 rings (SSSR count). The van der Waals surface area contributed by atoms with Crippen molar-refractivity contribution in [3.8, 4) is 0 Å². The predicted molar refractivity (Wildman–Crippen MR) is 53.0 cm³/mol. The molecule has 0 radical (unpaired) electrons. The number of hydrogen-bond acceptors (Lipinski definition) is 4. The van der Waals surface area contributed by atoms with E-state index in [0.29, 0.717) is 6.42 Å². The van der Waals surface area contributed by atoms with Crippen LogP contribution >= 0.6 is 0 Å². The predicted octanol–water partition coefficient (Wildman–Crippen LogP) is 0.163. The fourth-order valence-electron chi connectivity index (χ4n) is 1.31. The van der Waals surface area contributed by atoms with E-state index in [2.05, 4.69) is 4.98 Å². The molecule has 82 valence electrons. The zero-order chi connectivity index (χ0) is 11.6. The van der Waals surface area contributed by atoms with Crippen molar-refractivity contribution in [2.24, 2.45) is 0 Å². The van der Waals surface area contributed by atoms with Gasteiger partial charge in [0.15, 0.2) is 0 Å². The zero-order valence-corrected chi connectivity index (χ0v) is 8.44. The quantitative estimate of drug-likeness (QED) is 0.571. The first-order valence-electron chi connectivity index (χ1n) is 4.47. The van der Waals surface area contributed by atoms with Gasteiger partial charge in [0.1, 0.15) is 5.69 Å². The molecule has 1 aromatic rings. The zero-order valence-electron chi connectivity index (χ0n) is 8.44. The number of nitrogens with one attached hydrogen (secondary N) is 1. The van der Waals surface area contributed by atoms with E-state index in [1.165, 1.54) is 6.92 Å². The Bertz CT molecular complexity index is 500. The van der Waals surface area contributed by atoms with Crippen LogP contribution in [0.25, 0.3) is 0 Å². The van der Waals surface area contributed by atoms with Gasteiger partial charge in [-0.1, -0.05) is 6.92 Å². The van der Waals surface area contributed by atoms with Crippen molar-refractivity contribution < 1.29 is 4.92 Å². The molecule has 0 spiro atoms. The molecular weight excluding hydrogens is 202 g/mol. The number of nitrogens with zero attached hydrogens (tertiary/aromatic N) is 2. The molecule has 15 heavy (non-hydrogen) atoms. The van der Waals surface area contributed by atoms with Crippen LogP contribution < -0.4 is 11.2 Å². The van der Waals surface area contributed by atoms with E-state index in [1.807, 2.05) is 0 Å². The topological polar surface area (TPSA) is 98.0 Å². The van der Waals surface area contributed by atoms with Crippen molar-refractivity contribution in [1.82, 2.24) is 9.55 Å². The van der Waals surface area contributed by atoms with Crippen LogP contribution in [-0.4, -0.2) is 14.5 Å². The molecule has 0 aliphatic heterocycles. The Hall–Kier alpha value is -1.92. The van der Waals surface area contributed by atoms with E-state index < -0.39 is 21.9 Å². The van der Waals surface area contributed by atoms with Crippen molar-refractivity contribution in [2.45, 2.75) is 26.8 Å². The Kier molecular flexibility index (Phi) is 3.03. The minimum absolute atomic E-state index is 0.0117. The van der Waals surface area contributed by atoms with Gasteiger partial charge in [-0.25, -0.2) is 4.79 Å². The second kappa shape index (κ2) is 4.07. The molecule has 0 aliphatic rings. The summed E-state index contributed by atoms with van der Waals surface area (Å²) in [4.78, 5) is 34.9. The molecule has 0 saturated heterocycles. The van der Waals surface area contributed by atoms with E-state index in [9.17, 15) is 19.7 Å². The maximum absolute atomic E-state index is 11.5. The molecular formula is C8H11N3O4. The number of aromatic nitrogens is 2. The van der Waals surface area contributed by atoms with Crippen molar-refractivity contribution in [3.63, 3.8) is 0 Å². The third-order valence-electron chi connectivity index (χ3n) is 1.97. The summed E-state index contributed by atoms with van der Waals surface area (Å²) in [5, 5.41) is 10.6. The van der Waals surface area contributed by atoms with Gasteiger partial charge >= 0.3 is 16.9 Å². The van der Waals surface area contributed by atoms with Crippen LogP contribution in [0.3, 0.4) is 0 Å². The van der Waals surface area contributed by atoms with E-state index >= 15 is 0 Å². The van der Waals surface area contributed by atoms with Gasteiger partial charge in [0, 0.05) is 6.54 Å². The highest BCUT2D eigenvalue weighted by Crippen LogP contribution is 2.05. The lowest BCUT2D eigenvalue weighted by Gasteiger charge is -2.03. The third kappa shape index (κ3) is 1.95. The highest BCUT2D eigenvalue weighted by Gasteiger charge is 2.20. The highest BCUT2D eigenvalue weighted by atomic mass is 16.6. The van der Waals surface area contributed by atoms with Crippen LogP contribution in [0, 0.1) is 17.0 Å². The monoisotopic (exact) mass is 213 g/mol. The fourth-order valence-corrected chi connectivity index (χ4v) is 1.31. The van der Waals surface area contributed by atoms with Crippen molar-refractivity contribution in [2.75, 3.05) is 0 Å². The molecule has 0 fully saturated rings. The number of nitro groups is 1.